The fraction of sp³-hybridized carbons (Fsp3) is 0.714. The van der Waals surface area contributed by atoms with Crippen molar-refractivity contribution in [3.05, 3.63) is 17.0 Å². The maximum absolute atomic E-state index is 12.3. The Morgan fingerprint density at radius 2 is 2.19 bits per heavy atom. The molecule has 0 saturated carbocycles. The van der Waals surface area contributed by atoms with Crippen LogP contribution in [0, 0.1) is 5.92 Å². The van der Waals surface area contributed by atoms with Crippen molar-refractivity contribution in [1.82, 2.24) is 10.0 Å². The van der Waals surface area contributed by atoms with Crippen molar-refractivity contribution in [2.45, 2.75) is 30.4 Å². The summed E-state index contributed by atoms with van der Waals surface area (Å²) in [5, 5.41) is 3.33. The van der Waals surface area contributed by atoms with Crippen LogP contribution in [0.3, 0.4) is 0 Å². The van der Waals surface area contributed by atoms with E-state index < -0.39 is 10.0 Å². The highest BCUT2D eigenvalue weighted by Crippen LogP contribution is 2.25. The monoisotopic (exact) mass is 348 g/mol. The molecule has 0 amide bonds. The van der Waals surface area contributed by atoms with Crippen molar-refractivity contribution in [2.75, 3.05) is 31.1 Å². The molecule has 4 nitrogen and oxygen atoms in total. The molecule has 0 radical (unpaired) electrons. The molecule has 0 aliphatic carbocycles. The molecule has 1 aliphatic heterocycles. The van der Waals surface area contributed by atoms with Gasteiger partial charge in [-0.15, -0.1) is 11.3 Å². The van der Waals surface area contributed by atoms with Crippen LogP contribution in [0.5, 0.6) is 0 Å². The number of rotatable bonds is 9. The van der Waals surface area contributed by atoms with Gasteiger partial charge in [-0.1, -0.05) is 6.92 Å². The highest BCUT2D eigenvalue weighted by atomic mass is 32.2. The molecule has 1 saturated heterocycles. The minimum Gasteiger partial charge on any atom is -0.316 e. The first-order chi connectivity index (χ1) is 10.1. The second-order valence-electron chi connectivity index (χ2n) is 5.30. The summed E-state index contributed by atoms with van der Waals surface area (Å²) >= 11 is 3.29. The van der Waals surface area contributed by atoms with E-state index in [0.29, 0.717) is 16.7 Å². The van der Waals surface area contributed by atoms with Crippen molar-refractivity contribution in [1.29, 1.82) is 0 Å². The Morgan fingerprint density at radius 3 is 2.90 bits per heavy atom. The zero-order valence-electron chi connectivity index (χ0n) is 12.4. The lowest BCUT2D eigenvalue weighted by Crippen LogP contribution is -2.28. The van der Waals surface area contributed by atoms with Crippen LogP contribution < -0.4 is 10.0 Å². The lowest BCUT2D eigenvalue weighted by atomic mass is 10.1. The highest BCUT2D eigenvalue weighted by Gasteiger charge is 2.21. The Labute approximate surface area is 136 Å². The zero-order chi connectivity index (χ0) is 15.1. The number of hydrogen-bond donors (Lipinski definition) is 2. The summed E-state index contributed by atoms with van der Waals surface area (Å²) < 4.78 is 27.7. The Morgan fingerprint density at radius 1 is 1.33 bits per heavy atom. The first-order valence-electron chi connectivity index (χ1n) is 7.48. The van der Waals surface area contributed by atoms with Crippen LogP contribution in [0.25, 0.3) is 0 Å². The first kappa shape index (κ1) is 17.3. The van der Waals surface area contributed by atoms with E-state index in [2.05, 4.69) is 17.0 Å². The predicted octanol–water partition coefficient (Wildman–Crippen LogP) is 2.32. The molecule has 2 heterocycles. The molecule has 21 heavy (non-hydrogen) atoms. The van der Waals surface area contributed by atoms with Crippen LogP contribution in [0.1, 0.15) is 24.6 Å². The molecule has 2 rings (SSSR count). The van der Waals surface area contributed by atoms with Crippen LogP contribution in [0.15, 0.2) is 16.3 Å². The third-order valence-electron chi connectivity index (χ3n) is 3.46. The lowest BCUT2D eigenvalue weighted by Gasteiger charge is -2.09. The van der Waals surface area contributed by atoms with Gasteiger partial charge in [-0.3, -0.25) is 0 Å². The van der Waals surface area contributed by atoms with Crippen molar-refractivity contribution in [3.63, 3.8) is 0 Å². The maximum Gasteiger partial charge on any atom is 0.250 e. The molecule has 1 unspecified atom stereocenters. The van der Waals surface area contributed by atoms with Gasteiger partial charge < -0.3 is 5.32 Å². The van der Waals surface area contributed by atoms with Crippen LogP contribution in [-0.4, -0.2) is 39.6 Å². The average Bonchev–Trinajstić information content (AvgIpc) is 3.13. The van der Waals surface area contributed by atoms with Crippen molar-refractivity contribution >= 4 is 33.1 Å². The molecule has 1 aromatic heterocycles. The highest BCUT2D eigenvalue weighted by molar-refractivity contribution is 7.99. The molecule has 7 heteroatoms. The summed E-state index contributed by atoms with van der Waals surface area (Å²) in [6.45, 7) is 4.62. The minimum atomic E-state index is -3.32. The number of nitrogens with one attached hydrogen (secondary N) is 2. The SMILES string of the molecule is CCCNCCc1ccc(S(=O)(=O)NCC2CCSC2)s1. The molecular formula is C14H24N2O2S3. The second-order valence-corrected chi connectivity index (χ2v) is 9.61. The number of hydrogen-bond acceptors (Lipinski definition) is 5. The second kappa shape index (κ2) is 8.53. The summed E-state index contributed by atoms with van der Waals surface area (Å²) in [4.78, 5) is 1.12. The van der Waals surface area contributed by atoms with Crippen LogP contribution in [0.2, 0.25) is 0 Å². The van der Waals surface area contributed by atoms with Gasteiger partial charge >= 0.3 is 0 Å². The summed E-state index contributed by atoms with van der Waals surface area (Å²) in [6, 6.07) is 3.66. The molecule has 0 aromatic carbocycles. The molecule has 1 aromatic rings. The molecule has 1 fully saturated rings. The van der Waals surface area contributed by atoms with Gasteiger partial charge in [-0.2, -0.15) is 11.8 Å². The average molecular weight is 349 g/mol. The zero-order valence-corrected chi connectivity index (χ0v) is 14.9. The molecular weight excluding hydrogens is 324 g/mol. The van der Waals surface area contributed by atoms with E-state index in [9.17, 15) is 8.42 Å². The topological polar surface area (TPSA) is 58.2 Å². The smallest absolute Gasteiger partial charge is 0.250 e. The van der Waals surface area contributed by atoms with E-state index in [1.54, 1.807) is 6.07 Å². The van der Waals surface area contributed by atoms with E-state index in [-0.39, 0.29) is 0 Å². The third kappa shape index (κ3) is 5.56. The van der Waals surface area contributed by atoms with Gasteiger partial charge in [0.2, 0.25) is 10.0 Å². The van der Waals surface area contributed by atoms with E-state index in [0.717, 1.165) is 48.7 Å². The summed E-state index contributed by atoms with van der Waals surface area (Å²) in [5.41, 5.74) is 0. The van der Waals surface area contributed by atoms with Gasteiger partial charge in [0, 0.05) is 11.4 Å². The molecule has 0 spiro atoms. The Bertz CT molecular complexity index is 522. The van der Waals surface area contributed by atoms with Gasteiger partial charge in [-0.25, -0.2) is 13.1 Å². The fourth-order valence-electron chi connectivity index (χ4n) is 2.19. The van der Waals surface area contributed by atoms with Crippen LogP contribution in [0.4, 0.5) is 0 Å². The fourth-order valence-corrected chi connectivity index (χ4v) is 5.99. The molecule has 1 atom stereocenters. The van der Waals surface area contributed by atoms with Gasteiger partial charge in [0.05, 0.1) is 0 Å². The number of thioether (sulfide) groups is 1. The molecule has 1 aliphatic rings. The Balaban J connectivity index is 1.83. The Kier molecular flexibility index (Phi) is 7.01. The van der Waals surface area contributed by atoms with Crippen molar-refractivity contribution in [2.24, 2.45) is 5.92 Å². The normalized spacial score (nSPS) is 19.2. The first-order valence-corrected chi connectivity index (χ1v) is 10.9. The molecule has 0 bridgehead atoms. The van der Waals surface area contributed by atoms with E-state index in [4.69, 9.17) is 0 Å². The van der Waals surface area contributed by atoms with Gasteiger partial charge in [0.25, 0.3) is 0 Å². The van der Waals surface area contributed by atoms with Gasteiger partial charge in [0.1, 0.15) is 4.21 Å². The Hall–Kier alpha value is -0.0800. The number of thiophene rings is 1. The molecule has 2 N–H and O–H groups in total. The van der Waals surface area contributed by atoms with Gasteiger partial charge in [0.15, 0.2) is 0 Å². The van der Waals surface area contributed by atoms with Crippen molar-refractivity contribution < 1.29 is 8.42 Å². The third-order valence-corrected chi connectivity index (χ3v) is 7.75. The lowest BCUT2D eigenvalue weighted by molar-refractivity contribution is 0.547. The molecule has 120 valence electrons. The van der Waals surface area contributed by atoms with E-state index in [1.165, 1.54) is 11.3 Å². The van der Waals surface area contributed by atoms with Crippen molar-refractivity contribution in [3.8, 4) is 0 Å². The predicted molar refractivity (Wildman–Crippen MR) is 91.8 cm³/mol. The standard InChI is InChI=1S/C14H24N2O2S3/c1-2-7-15-8-5-13-3-4-14(20-13)21(17,18)16-10-12-6-9-19-11-12/h3-4,12,15-16H,2,5-11H2,1H3. The van der Waals surface area contributed by atoms with Crippen LogP contribution in [-0.2, 0) is 16.4 Å². The maximum atomic E-state index is 12.3. The largest absolute Gasteiger partial charge is 0.316 e. The quantitative estimate of drug-likeness (QED) is 0.673. The van der Waals surface area contributed by atoms with E-state index >= 15 is 0 Å². The number of sulfonamides is 1. The minimum absolute atomic E-state index is 0.443. The van der Waals surface area contributed by atoms with Crippen LogP contribution >= 0.6 is 23.1 Å². The van der Waals surface area contributed by atoms with Gasteiger partial charge in [-0.05, 0) is 61.9 Å². The summed E-state index contributed by atoms with van der Waals surface area (Å²) in [5.74, 6) is 2.71. The van der Waals surface area contributed by atoms with E-state index in [1.807, 2.05) is 17.8 Å². The summed E-state index contributed by atoms with van der Waals surface area (Å²) in [7, 11) is -3.32. The summed E-state index contributed by atoms with van der Waals surface area (Å²) in [6.07, 6.45) is 3.12.